The van der Waals surface area contributed by atoms with Gasteiger partial charge in [0.05, 0.1) is 47.9 Å². The number of hydrogen-bond donors (Lipinski definition) is 0. The van der Waals surface area contributed by atoms with E-state index in [0.29, 0.717) is 28.0 Å². The summed E-state index contributed by atoms with van der Waals surface area (Å²) in [5, 5.41) is 9.77. The molecule has 0 spiro atoms. The van der Waals surface area contributed by atoms with Crippen LogP contribution >= 0.6 is 11.6 Å². The van der Waals surface area contributed by atoms with Gasteiger partial charge in [-0.25, -0.2) is 15.0 Å². The molecule has 5 aromatic rings. The van der Waals surface area contributed by atoms with Gasteiger partial charge in [-0.15, -0.1) is 0 Å². The van der Waals surface area contributed by atoms with Crippen molar-refractivity contribution in [1.82, 2.24) is 29.0 Å². The molecule has 202 valence electrons. The summed E-state index contributed by atoms with van der Waals surface area (Å²) in [5.41, 5.74) is 6.17. The molecule has 0 aliphatic carbocycles. The number of imidazole rings is 2. The number of likely N-dealkylation sites (tertiary alicyclic amines) is 1. The molecule has 3 aromatic heterocycles. The molecule has 40 heavy (non-hydrogen) atoms. The Kier molecular flexibility index (Phi) is 7.11. The van der Waals surface area contributed by atoms with Crippen LogP contribution in [0.2, 0.25) is 5.02 Å². The molecule has 0 radical (unpaired) electrons. The van der Waals surface area contributed by atoms with E-state index in [1.54, 1.807) is 24.4 Å². The van der Waals surface area contributed by atoms with Crippen molar-refractivity contribution in [3.63, 3.8) is 0 Å². The Bertz CT molecular complexity index is 1750. The van der Waals surface area contributed by atoms with Crippen molar-refractivity contribution in [3.05, 3.63) is 100 Å². The number of oxazole rings is 1. The first-order chi connectivity index (χ1) is 19.5. The van der Waals surface area contributed by atoms with Gasteiger partial charge in [0.15, 0.2) is 6.61 Å². The Labute approximate surface area is 236 Å². The van der Waals surface area contributed by atoms with Crippen LogP contribution in [0.25, 0.3) is 17.1 Å². The normalized spacial score (nSPS) is 13.4. The number of benzene rings is 2. The molecule has 0 bridgehead atoms. The zero-order chi connectivity index (χ0) is 27.6. The predicted octanol–water partition coefficient (Wildman–Crippen LogP) is 5.60. The predicted molar refractivity (Wildman–Crippen MR) is 152 cm³/mol. The second kappa shape index (κ2) is 11.0. The number of aromatic nitrogens is 5. The maximum absolute atomic E-state index is 9.28. The molecule has 6 rings (SSSR count). The molecule has 1 aliphatic heterocycles. The van der Waals surface area contributed by atoms with E-state index in [4.69, 9.17) is 25.7 Å². The van der Waals surface area contributed by atoms with Gasteiger partial charge in [-0.05, 0) is 61.4 Å². The van der Waals surface area contributed by atoms with E-state index in [0.717, 1.165) is 49.6 Å². The van der Waals surface area contributed by atoms with Gasteiger partial charge in [-0.2, -0.15) is 5.26 Å². The molecule has 9 nitrogen and oxygen atoms in total. The van der Waals surface area contributed by atoms with Crippen molar-refractivity contribution in [2.75, 3.05) is 13.1 Å². The number of nitriles is 1. The minimum atomic E-state index is 0.123. The Balaban J connectivity index is 1.11. The Morgan fingerprint density at radius 1 is 1.15 bits per heavy atom. The zero-order valence-electron chi connectivity index (χ0n) is 22.3. The molecular formula is C30H28ClN7O2. The second-order valence-corrected chi connectivity index (χ2v) is 10.4. The molecule has 0 amide bonds. The number of ether oxygens (including phenoxy) is 1. The fraction of sp³-hybridized carbons (Fsp3) is 0.267. The lowest BCUT2D eigenvalue weighted by Crippen LogP contribution is -2.39. The third kappa shape index (κ3) is 5.37. The fourth-order valence-corrected chi connectivity index (χ4v) is 5.12. The average Bonchev–Trinajstić information content (AvgIpc) is 3.66. The largest absolute Gasteiger partial charge is 0.482 e. The van der Waals surface area contributed by atoms with Gasteiger partial charge >= 0.3 is 0 Å². The summed E-state index contributed by atoms with van der Waals surface area (Å²) in [4.78, 5) is 16.0. The maximum Gasteiger partial charge on any atom is 0.232 e. The highest BCUT2D eigenvalue weighted by Gasteiger charge is 2.24. The van der Waals surface area contributed by atoms with Gasteiger partial charge in [-0.3, -0.25) is 4.90 Å². The van der Waals surface area contributed by atoms with E-state index in [9.17, 15) is 5.26 Å². The van der Waals surface area contributed by atoms with Crippen LogP contribution in [0, 0.1) is 18.3 Å². The Hall–Kier alpha value is -4.39. The number of nitrogens with zero attached hydrogens (tertiary/aromatic N) is 7. The topological polar surface area (TPSA) is 97.9 Å². The van der Waals surface area contributed by atoms with Gasteiger partial charge in [0.25, 0.3) is 0 Å². The molecule has 2 aromatic carbocycles. The van der Waals surface area contributed by atoms with Crippen LogP contribution in [0.4, 0.5) is 0 Å². The lowest BCUT2D eigenvalue weighted by Gasteiger charge is -2.33. The van der Waals surface area contributed by atoms with Crippen molar-refractivity contribution >= 4 is 28.7 Å². The van der Waals surface area contributed by atoms with E-state index >= 15 is 0 Å². The third-order valence-corrected chi connectivity index (χ3v) is 7.23. The number of aryl methyl sites for hydroxylation is 2. The molecule has 0 saturated carbocycles. The van der Waals surface area contributed by atoms with Crippen LogP contribution in [0.3, 0.4) is 0 Å². The first-order valence-corrected chi connectivity index (χ1v) is 13.5. The van der Waals surface area contributed by atoms with Gasteiger partial charge in [0.2, 0.25) is 5.89 Å². The summed E-state index contributed by atoms with van der Waals surface area (Å²) in [7, 11) is 0. The van der Waals surface area contributed by atoms with E-state index in [1.807, 2.05) is 18.6 Å². The van der Waals surface area contributed by atoms with E-state index in [-0.39, 0.29) is 6.61 Å². The van der Waals surface area contributed by atoms with Crippen LogP contribution in [0.5, 0.6) is 5.75 Å². The highest BCUT2D eigenvalue weighted by Crippen LogP contribution is 2.26. The van der Waals surface area contributed by atoms with Crippen LogP contribution in [0.15, 0.2) is 65.1 Å². The molecule has 0 N–H and O–H groups in total. The molecule has 1 aliphatic rings. The molecule has 4 heterocycles. The molecule has 1 fully saturated rings. The zero-order valence-corrected chi connectivity index (χ0v) is 23.1. The van der Waals surface area contributed by atoms with E-state index in [1.165, 1.54) is 16.8 Å². The SMILES string of the molecule is CCn1cncc1Cn1c(CN2CC(=Cc3cnc(COc4ccc(Cl)cc4C#N)o3)C2)nc2ccc(C)cc21. The van der Waals surface area contributed by atoms with Crippen LogP contribution < -0.4 is 4.74 Å². The number of fused-ring (bicyclic) bond motifs is 1. The maximum atomic E-state index is 9.28. The smallest absolute Gasteiger partial charge is 0.232 e. The average molecular weight is 554 g/mol. The van der Waals surface area contributed by atoms with E-state index < -0.39 is 0 Å². The second-order valence-electron chi connectivity index (χ2n) is 9.92. The summed E-state index contributed by atoms with van der Waals surface area (Å²) in [5.74, 6) is 2.61. The van der Waals surface area contributed by atoms with Crippen molar-refractivity contribution in [2.45, 2.75) is 40.1 Å². The Morgan fingerprint density at radius 2 is 2.02 bits per heavy atom. The van der Waals surface area contributed by atoms with Crippen LogP contribution in [0.1, 0.15) is 41.2 Å². The van der Waals surface area contributed by atoms with Gasteiger partial charge < -0.3 is 18.3 Å². The summed E-state index contributed by atoms with van der Waals surface area (Å²) < 4.78 is 16.1. The highest BCUT2D eigenvalue weighted by atomic mass is 35.5. The van der Waals surface area contributed by atoms with E-state index in [2.05, 4.69) is 62.1 Å². The van der Waals surface area contributed by atoms with Crippen molar-refractivity contribution in [2.24, 2.45) is 0 Å². The molecule has 0 unspecified atom stereocenters. The summed E-state index contributed by atoms with van der Waals surface area (Å²) >= 11 is 5.96. The standard InChI is InChI=1S/C30H28ClN7O2/c1-3-37-19-33-12-24(37)16-38-27-8-20(2)4-6-26(27)35-29(38)17-36-14-21(15-36)9-25-13-34-30(40-25)18-39-28-7-5-23(31)10-22(28)11-32/h4-10,12-13,19H,3,14-18H2,1-2H3. The monoisotopic (exact) mass is 553 g/mol. The summed E-state index contributed by atoms with van der Waals surface area (Å²) in [6.07, 6.45) is 7.55. The Morgan fingerprint density at radius 3 is 2.85 bits per heavy atom. The number of hydrogen-bond acceptors (Lipinski definition) is 7. The van der Waals surface area contributed by atoms with Crippen molar-refractivity contribution in [3.8, 4) is 11.8 Å². The highest BCUT2D eigenvalue weighted by molar-refractivity contribution is 6.30. The van der Waals surface area contributed by atoms with Crippen LogP contribution in [-0.4, -0.2) is 42.1 Å². The minimum Gasteiger partial charge on any atom is -0.482 e. The van der Waals surface area contributed by atoms with Gasteiger partial charge in [-0.1, -0.05) is 17.7 Å². The lowest BCUT2D eigenvalue weighted by atomic mass is 10.1. The minimum absolute atomic E-state index is 0.123. The molecule has 1 saturated heterocycles. The molecule has 10 heteroatoms. The molecular weight excluding hydrogens is 526 g/mol. The molecule has 0 atom stereocenters. The fourth-order valence-electron chi connectivity index (χ4n) is 4.95. The quantitative estimate of drug-likeness (QED) is 0.234. The number of rotatable bonds is 9. The van der Waals surface area contributed by atoms with Crippen molar-refractivity contribution < 1.29 is 9.15 Å². The third-order valence-electron chi connectivity index (χ3n) is 6.99. The van der Waals surface area contributed by atoms with Crippen LogP contribution in [-0.2, 0) is 26.2 Å². The first-order valence-electron chi connectivity index (χ1n) is 13.1. The number of halogens is 1. The summed E-state index contributed by atoms with van der Waals surface area (Å²) in [6, 6.07) is 13.4. The summed E-state index contributed by atoms with van der Waals surface area (Å²) in [6.45, 7) is 8.40. The van der Waals surface area contributed by atoms with Gasteiger partial charge in [0, 0.05) is 30.9 Å². The van der Waals surface area contributed by atoms with Crippen molar-refractivity contribution in [1.29, 1.82) is 5.26 Å². The lowest BCUT2D eigenvalue weighted by molar-refractivity contribution is 0.234. The van der Waals surface area contributed by atoms with Gasteiger partial charge in [0.1, 0.15) is 23.4 Å². The first kappa shape index (κ1) is 25.9.